The van der Waals surface area contributed by atoms with Crippen LogP contribution in [0, 0.1) is 5.92 Å². The average molecular weight is 212 g/mol. The van der Waals surface area contributed by atoms with Crippen molar-refractivity contribution in [2.24, 2.45) is 11.7 Å². The number of carbonyl (C=O) groups is 1. The second kappa shape index (κ2) is 5.50. The van der Waals surface area contributed by atoms with Crippen molar-refractivity contribution < 1.29 is 4.79 Å². The maximum absolute atomic E-state index is 11.6. The molecule has 3 nitrogen and oxygen atoms in total. The molecule has 0 saturated heterocycles. The van der Waals surface area contributed by atoms with Gasteiger partial charge in [-0.1, -0.05) is 33.1 Å². The monoisotopic (exact) mass is 212 g/mol. The minimum Gasteiger partial charge on any atom is -0.368 e. The first-order valence-electron chi connectivity index (χ1n) is 6.19. The lowest BCUT2D eigenvalue weighted by atomic mass is 9.74. The summed E-state index contributed by atoms with van der Waals surface area (Å²) in [6.07, 6.45) is 6.42. The molecule has 1 rings (SSSR count). The van der Waals surface area contributed by atoms with Gasteiger partial charge in [-0.05, 0) is 31.7 Å². The number of primary amides is 1. The Hall–Kier alpha value is -0.570. The fourth-order valence-corrected chi connectivity index (χ4v) is 2.57. The lowest BCUT2D eigenvalue weighted by Crippen LogP contribution is -2.58. The molecular formula is C12H24N2O. The maximum Gasteiger partial charge on any atom is 0.237 e. The van der Waals surface area contributed by atoms with Gasteiger partial charge in [-0.3, -0.25) is 4.79 Å². The van der Waals surface area contributed by atoms with Crippen LogP contribution in [0.15, 0.2) is 0 Å². The molecule has 15 heavy (non-hydrogen) atoms. The molecule has 0 bridgehead atoms. The van der Waals surface area contributed by atoms with E-state index in [9.17, 15) is 4.79 Å². The van der Waals surface area contributed by atoms with Crippen LogP contribution >= 0.6 is 0 Å². The van der Waals surface area contributed by atoms with E-state index in [1.54, 1.807) is 0 Å². The highest BCUT2D eigenvalue weighted by Gasteiger charge is 2.40. The zero-order chi connectivity index (χ0) is 11.3. The highest BCUT2D eigenvalue weighted by atomic mass is 16.1. The summed E-state index contributed by atoms with van der Waals surface area (Å²) in [6, 6.07) is 0. The van der Waals surface area contributed by atoms with Gasteiger partial charge in [0.2, 0.25) is 5.91 Å². The van der Waals surface area contributed by atoms with E-state index in [-0.39, 0.29) is 5.91 Å². The van der Waals surface area contributed by atoms with Crippen LogP contribution < -0.4 is 11.1 Å². The van der Waals surface area contributed by atoms with E-state index in [1.165, 1.54) is 6.42 Å². The van der Waals surface area contributed by atoms with Gasteiger partial charge in [0.15, 0.2) is 0 Å². The van der Waals surface area contributed by atoms with Crippen LogP contribution in [-0.2, 0) is 4.79 Å². The van der Waals surface area contributed by atoms with E-state index in [0.29, 0.717) is 5.92 Å². The van der Waals surface area contributed by atoms with E-state index < -0.39 is 5.54 Å². The Balaban J connectivity index is 2.66. The first-order chi connectivity index (χ1) is 7.14. The third kappa shape index (κ3) is 2.94. The standard InChI is InChI=1S/C12H24N2O/c1-3-8-14-12(11(13)15)7-5-6-10(4-2)9-12/h10,14H,3-9H2,1-2H3,(H2,13,15). The summed E-state index contributed by atoms with van der Waals surface area (Å²) in [7, 11) is 0. The third-order valence-electron chi connectivity index (χ3n) is 3.62. The molecule has 0 aromatic carbocycles. The Morgan fingerprint density at radius 1 is 1.53 bits per heavy atom. The zero-order valence-corrected chi connectivity index (χ0v) is 10.0. The van der Waals surface area contributed by atoms with Crippen LogP contribution in [-0.4, -0.2) is 18.0 Å². The minimum absolute atomic E-state index is 0.158. The van der Waals surface area contributed by atoms with Crippen molar-refractivity contribution in [3.8, 4) is 0 Å². The van der Waals surface area contributed by atoms with Gasteiger partial charge in [0, 0.05) is 0 Å². The van der Waals surface area contributed by atoms with E-state index >= 15 is 0 Å². The number of hydrogen-bond donors (Lipinski definition) is 2. The topological polar surface area (TPSA) is 55.1 Å². The van der Waals surface area contributed by atoms with Gasteiger partial charge in [0.05, 0.1) is 5.54 Å². The fraction of sp³-hybridized carbons (Fsp3) is 0.917. The molecule has 0 heterocycles. The molecule has 1 aliphatic carbocycles. The summed E-state index contributed by atoms with van der Waals surface area (Å²) in [6.45, 7) is 5.20. The van der Waals surface area contributed by atoms with Crippen molar-refractivity contribution in [3.63, 3.8) is 0 Å². The van der Waals surface area contributed by atoms with E-state index in [2.05, 4.69) is 19.2 Å². The first kappa shape index (κ1) is 12.5. The van der Waals surface area contributed by atoms with Crippen molar-refractivity contribution in [3.05, 3.63) is 0 Å². The van der Waals surface area contributed by atoms with Gasteiger partial charge in [0.25, 0.3) is 0 Å². The zero-order valence-electron chi connectivity index (χ0n) is 10.0. The molecule has 3 heteroatoms. The molecule has 1 saturated carbocycles. The molecule has 3 N–H and O–H groups in total. The first-order valence-corrected chi connectivity index (χ1v) is 6.19. The van der Waals surface area contributed by atoms with Crippen molar-refractivity contribution >= 4 is 5.91 Å². The Bertz CT molecular complexity index is 218. The molecular weight excluding hydrogens is 188 g/mol. The summed E-state index contributed by atoms with van der Waals surface area (Å²) >= 11 is 0. The number of nitrogens with two attached hydrogens (primary N) is 1. The molecule has 0 aromatic heterocycles. The number of nitrogens with one attached hydrogen (secondary N) is 1. The number of carbonyl (C=O) groups excluding carboxylic acids is 1. The van der Waals surface area contributed by atoms with Crippen LogP contribution in [0.1, 0.15) is 52.4 Å². The normalized spacial score (nSPS) is 31.5. The van der Waals surface area contributed by atoms with Crippen LogP contribution in [0.2, 0.25) is 0 Å². The molecule has 0 aliphatic heterocycles. The largest absolute Gasteiger partial charge is 0.368 e. The van der Waals surface area contributed by atoms with Gasteiger partial charge in [-0.15, -0.1) is 0 Å². The van der Waals surface area contributed by atoms with Gasteiger partial charge < -0.3 is 11.1 Å². The van der Waals surface area contributed by atoms with E-state index in [0.717, 1.165) is 38.6 Å². The predicted molar refractivity (Wildman–Crippen MR) is 62.5 cm³/mol. The quantitative estimate of drug-likeness (QED) is 0.730. The lowest BCUT2D eigenvalue weighted by molar-refractivity contribution is -0.126. The SMILES string of the molecule is CCCNC1(C(N)=O)CCCC(CC)C1. The minimum atomic E-state index is -0.408. The van der Waals surface area contributed by atoms with Crippen LogP contribution in [0.4, 0.5) is 0 Å². The summed E-state index contributed by atoms with van der Waals surface area (Å²) in [4.78, 5) is 11.6. The highest BCUT2D eigenvalue weighted by Crippen LogP contribution is 2.34. The van der Waals surface area contributed by atoms with Crippen LogP contribution in [0.3, 0.4) is 0 Å². The van der Waals surface area contributed by atoms with Crippen molar-refractivity contribution in [1.82, 2.24) is 5.32 Å². The number of hydrogen-bond acceptors (Lipinski definition) is 2. The van der Waals surface area contributed by atoms with Gasteiger partial charge in [0.1, 0.15) is 0 Å². The fourth-order valence-electron chi connectivity index (χ4n) is 2.57. The summed E-state index contributed by atoms with van der Waals surface area (Å²) in [5, 5.41) is 3.37. The molecule has 1 aliphatic rings. The maximum atomic E-state index is 11.6. The van der Waals surface area contributed by atoms with Crippen LogP contribution in [0.25, 0.3) is 0 Å². The molecule has 88 valence electrons. The molecule has 2 atom stereocenters. The van der Waals surface area contributed by atoms with Crippen molar-refractivity contribution in [1.29, 1.82) is 0 Å². The van der Waals surface area contributed by atoms with Crippen molar-refractivity contribution in [2.45, 2.75) is 57.9 Å². The predicted octanol–water partition coefficient (Wildman–Crippen LogP) is 1.81. The summed E-state index contributed by atoms with van der Waals surface area (Å²) < 4.78 is 0. The number of rotatable bonds is 5. The molecule has 1 amide bonds. The molecule has 2 unspecified atom stereocenters. The summed E-state index contributed by atoms with van der Waals surface area (Å²) in [5.74, 6) is 0.504. The van der Waals surface area contributed by atoms with E-state index in [1.807, 2.05) is 0 Å². The number of amides is 1. The van der Waals surface area contributed by atoms with Gasteiger partial charge in [-0.2, -0.15) is 0 Å². The Morgan fingerprint density at radius 2 is 2.27 bits per heavy atom. The average Bonchev–Trinajstić information content (AvgIpc) is 2.26. The molecule has 1 fully saturated rings. The second-order valence-corrected chi connectivity index (χ2v) is 4.74. The van der Waals surface area contributed by atoms with Crippen LogP contribution in [0.5, 0.6) is 0 Å². The lowest BCUT2D eigenvalue weighted by Gasteiger charge is -2.39. The van der Waals surface area contributed by atoms with Crippen molar-refractivity contribution in [2.75, 3.05) is 6.54 Å². The van der Waals surface area contributed by atoms with E-state index in [4.69, 9.17) is 5.73 Å². The Labute approximate surface area is 92.8 Å². The van der Waals surface area contributed by atoms with Gasteiger partial charge >= 0.3 is 0 Å². The highest BCUT2D eigenvalue weighted by molar-refractivity contribution is 5.84. The van der Waals surface area contributed by atoms with Gasteiger partial charge in [-0.25, -0.2) is 0 Å². The Kier molecular flexibility index (Phi) is 4.58. The smallest absolute Gasteiger partial charge is 0.237 e. The molecule has 0 radical (unpaired) electrons. The second-order valence-electron chi connectivity index (χ2n) is 4.74. The molecule has 0 aromatic rings. The third-order valence-corrected chi connectivity index (χ3v) is 3.62. The molecule has 0 spiro atoms. The Morgan fingerprint density at radius 3 is 2.80 bits per heavy atom. The summed E-state index contributed by atoms with van der Waals surface area (Å²) in [5.41, 5.74) is 5.15.